The van der Waals surface area contributed by atoms with E-state index in [1.54, 1.807) is 18.3 Å². The second-order valence-corrected chi connectivity index (χ2v) is 5.77. The molecule has 0 unspecified atom stereocenters. The summed E-state index contributed by atoms with van der Waals surface area (Å²) in [5, 5.41) is 12.8. The quantitative estimate of drug-likeness (QED) is 0.855. The molecule has 0 aliphatic rings. The minimum atomic E-state index is -0.835. The Balaban J connectivity index is 2.36. The first kappa shape index (κ1) is 16.0. The first-order valence-corrected chi connectivity index (χ1v) is 6.94. The Kier molecular flexibility index (Phi) is 4.49. The average Bonchev–Trinajstić information content (AvgIpc) is 2.44. The van der Waals surface area contributed by atoms with Crippen molar-refractivity contribution < 1.29 is 19.0 Å². The summed E-state index contributed by atoms with van der Waals surface area (Å²) in [5.41, 5.74) is 0.852. The SMILES string of the molecule is COc1cc2c(NC(C)(C)CCC(=O)O)ccnc2cc1F. The highest BCUT2D eigenvalue weighted by Crippen LogP contribution is 2.30. The number of fused-ring (bicyclic) bond motifs is 1. The fourth-order valence-electron chi connectivity index (χ4n) is 2.26. The van der Waals surface area contributed by atoms with Gasteiger partial charge >= 0.3 is 5.97 Å². The van der Waals surface area contributed by atoms with E-state index in [4.69, 9.17) is 9.84 Å². The van der Waals surface area contributed by atoms with Crippen molar-refractivity contribution in [1.82, 2.24) is 4.98 Å². The fourth-order valence-corrected chi connectivity index (χ4v) is 2.26. The van der Waals surface area contributed by atoms with E-state index >= 15 is 0 Å². The molecular formula is C16H19FN2O3. The number of benzene rings is 1. The van der Waals surface area contributed by atoms with E-state index in [0.29, 0.717) is 11.9 Å². The van der Waals surface area contributed by atoms with Crippen LogP contribution in [-0.4, -0.2) is 28.7 Å². The second kappa shape index (κ2) is 6.17. The van der Waals surface area contributed by atoms with E-state index in [1.165, 1.54) is 13.2 Å². The Bertz CT molecular complexity index is 701. The molecule has 0 amide bonds. The summed E-state index contributed by atoms with van der Waals surface area (Å²) in [6.45, 7) is 3.84. The van der Waals surface area contributed by atoms with Gasteiger partial charge in [0.15, 0.2) is 11.6 Å². The summed E-state index contributed by atoms with van der Waals surface area (Å²) < 4.78 is 18.8. The Morgan fingerprint density at radius 3 is 2.82 bits per heavy atom. The zero-order chi connectivity index (χ0) is 16.3. The lowest BCUT2D eigenvalue weighted by atomic mass is 9.97. The number of nitrogens with one attached hydrogen (secondary N) is 1. The molecule has 0 saturated heterocycles. The number of carbonyl (C=O) groups is 1. The lowest BCUT2D eigenvalue weighted by molar-refractivity contribution is -0.137. The summed E-state index contributed by atoms with van der Waals surface area (Å²) in [5.74, 6) is -1.16. The summed E-state index contributed by atoms with van der Waals surface area (Å²) in [4.78, 5) is 14.9. The highest BCUT2D eigenvalue weighted by molar-refractivity contribution is 5.92. The standard InChI is InChI=1S/C16H19FN2O3/c1-16(2,6-4-15(20)21)19-12-5-7-18-13-9-11(17)14(22-3)8-10(12)13/h5,7-9H,4,6H2,1-3H3,(H,18,19)(H,20,21). The van der Waals surface area contributed by atoms with Gasteiger partial charge in [0.25, 0.3) is 0 Å². The molecule has 1 aromatic carbocycles. The molecule has 6 heteroatoms. The third kappa shape index (κ3) is 3.63. The average molecular weight is 306 g/mol. The number of hydrogen-bond donors (Lipinski definition) is 2. The molecule has 118 valence electrons. The third-order valence-corrected chi connectivity index (χ3v) is 3.45. The molecule has 2 N–H and O–H groups in total. The zero-order valence-electron chi connectivity index (χ0n) is 12.8. The lowest BCUT2D eigenvalue weighted by Crippen LogP contribution is -2.31. The van der Waals surface area contributed by atoms with Crippen molar-refractivity contribution in [1.29, 1.82) is 0 Å². The molecule has 0 spiro atoms. The molecular weight excluding hydrogens is 287 g/mol. The molecule has 1 heterocycles. The molecule has 0 aliphatic carbocycles. The topological polar surface area (TPSA) is 71.5 Å². The fraction of sp³-hybridized carbons (Fsp3) is 0.375. The van der Waals surface area contributed by atoms with Crippen molar-refractivity contribution in [3.05, 3.63) is 30.2 Å². The van der Waals surface area contributed by atoms with Crippen LogP contribution in [0.4, 0.5) is 10.1 Å². The van der Waals surface area contributed by atoms with Gasteiger partial charge in [0.2, 0.25) is 0 Å². The number of aromatic nitrogens is 1. The van der Waals surface area contributed by atoms with Crippen molar-refractivity contribution in [2.75, 3.05) is 12.4 Å². The number of anilines is 1. The van der Waals surface area contributed by atoms with Crippen LogP contribution in [0.5, 0.6) is 5.75 Å². The number of hydrogen-bond acceptors (Lipinski definition) is 4. The van der Waals surface area contributed by atoms with Crippen LogP contribution in [0, 0.1) is 5.82 Å². The Hall–Kier alpha value is -2.37. The molecule has 0 fully saturated rings. The molecule has 0 atom stereocenters. The largest absolute Gasteiger partial charge is 0.494 e. The number of pyridine rings is 1. The minimum Gasteiger partial charge on any atom is -0.494 e. The molecule has 2 rings (SSSR count). The number of aliphatic carboxylic acids is 1. The normalized spacial score (nSPS) is 11.5. The van der Waals surface area contributed by atoms with E-state index in [-0.39, 0.29) is 12.2 Å². The third-order valence-electron chi connectivity index (χ3n) is 3.45. The predicted molar refractivity (Wildman–Crippen MR) is 82.8 cm³/mol. The summed E-state index contributed by atoms with van der Waals surface area (Å²) in [7, 11) is 1.41. The molecule has 0 radical (unpaired) electrons. The lowest BCUT2D eigenvalue weighted by Gasteiger charge is -2.27. The van der Waals surface area contributed by atoms with Crippen LogP contribution in [0.2, 0.25) is 0 Å². The summed E-state index contributed by atoms with van der Waals surface area (Å²) >= 11 is 0. The molecule has 2 aromatic rings. The monoisotopic (exact) mass is 306 g/mol. The van der Waals surface area contributed by atoms with Crippen molar-refractivity contribution in [3.63, 3.8) is 0 Å². The molecule has 5 nitrogen and oxygen atoms in total. The maximum absolute atomic E-state index is 13.7. The number of ether oxygens (including phenoxy) is 1. The number of nitrogens with zero attached hydrogens (tertiary/aromatic N) is 1. The summed E-state index contributed by atoms with van der Waals surface area (Å²) in [6.07, 6.45) is 2.12. The number of carboxylic acid groups (broad SMARTS) is 1. The summed E-state index contributed by atoms with van der Waals surface area (Å²) in [6, 6.07) is 4.69. The van der Waals surface area contributed by atoms with Crippen LogP contribution < -0.4 is 10.1 Å². The Morgan fingerprint density at radius 1 is 1.45 bits per heavy atom. The van der Waals surface area contributed by atoms with E-state index < -0.39 is 17.3 Å². The van der Waals surface area contributed by atoms with Gasteiger partial charge in [0, 0.05) is 35.3 Å². The second-order valence-electron chi connectivity index (χ2n) is 5.77. The molecule has 22 heavy (non-hydrogen) atoms. The number of rotatable bonds is 6. The van der Waals surface area contributed by atoms with Gasteiger partial charge in [-0.2, -0.15) is 0 Å². The number of carboxylic acids is 1. The maximum Gasteiger partial charge on any atom is 0.303 e. The maximum atomic E-state index is 13.7. The van der Waals surface area contributed by atoms with E-state index in [9.17, 15) is 9.18 Å². The van der Waals surface area contributed by atoms with Gasteiger partial charge in [-0.3, -0.25) is 9.78 Å². The van der Waals surface area contributed by atoms with Crippen LogP contribution >= 0.6 is 0 Å². The van der Waals surface area contributed by atoms with E-state index in [0.717, 1.165) is 11.1 Å². The van der Waals surface area contributed by atoms with Crippen molar-refractivity contribution in [2.24, 2.45) is 0 Å². The Labute approximate surface area is 128 Å². The Morgan fingerprint density at radius 2 is 2.18 bits per heavy atom. The first-order valence-electron chi connectivity index (χ1n) is 6.94. The first-order chi connectivity index (χ1) is 10.3. The van der Waals surface area contributed by atoms with E-state index in [2.05, 4.69) is 10.3 Å². The van der Waals surface area contributed by atoms with Crippen molar-refractivity contribution in [2.45, 2.75) is 32.2 Å². The van der Waals surface area contributed by atoms with Gasteiger partial charge in [0.1, 0.15) is 0 Å². The van der Waals surface area contributed by atoms with Crippen LogP contribution in [0.15, 0.2) is 24.4 Å². The molecule has 0 saturated carbocycles. The van der Waals surface area contributed by atoms with Gasteiger partial charge in [-0.1, -0.05) is 0 Å². The molecule has 1 aromatic heterocycles. The highest BCUT2D eigenvalue weighted by atomic mass is 19.1. The van der Waals surface area contributed by atoms with Crippen LogP contribution in [0.1, 0.15) is 26.7 Å². The van der Waals surface area contributed by atoms with Crippen molar-refractivity contribution in [3.8, 4) is 5.75 Å². The zero-order valence-corrected chi connectivity index (χ0v) is 12.8. The molecule has 0 aliphatic heterocycles. The van der Waals surface area contributed by atoms with E-state index in [1.807, 2.05) is 13.8 Å². The smallest absolute Gasteiger partial charge is 0.303 e. The van der Waals surface area contributed by atoms with Gasteiger partial charge < -0.3 is 15.2 Å². The van der Waals surface area contributed by atoms with Gasteiger partial charge in [-0.15, -0.1) is 0 Å². The van der Waals surface area contributed by atoms with Crippen molar-refractivity contribution >= 4 is 22.6 Å². The minimum absolute atomic E-state index is 0.0704. The number of methoxy groups -OCH3 is 1. The number of halogens is 1. The molecule has 0 bridgehead atoms. The van der Waals surface area contributed by atoms with Gasteiger partial charge in [-0.25, -0.2) is 4.39 Å². The predicted octanol–water partition coefficient (Wildman–Crippen LogP) is 3.44. The highest BCUT2D eigenvalue weighted by Gasteiger charge is 2.20. The van der Waals surface area contributed by atoms with Gasteiger partial charge in [-0.05, 0) is 32.4 Å². The van der Waals surface area contributed by atoms with Gasteiger partial charge in [0.05, 0.1) is 12.6 Å². The van der Waals surface area contributed by atoms with Crippen LogP contribution in [0.3, 0.4) is 0 Å². The van der Waals surface area contributed by atoms with Crippen LogP contribution in [0.25, 0.3) is 10.9 Å². The van der Waals surface area contributed by atoms with Crippen LogP contribution in [-0.2, 0) is 4.79 Å².